The third kappa shape index (κ3) is 4.37. The molecule has 0 fully saturated rings. The molecule has 0 spiro atoms. The summed E-state index contributed by atoms with van der Waals surface area (Å²) in [6.07, 6.45) is -0.112. The molecule has 1 aromatic heterocycles. The number of hydrogen-bond donors (Lipinski definition) is 1. The van der Waals surface area contributed by atoms with Crippen molar-refractivity contribution in [2.75, 3.05) is 5.32 Å². The number of anilines is 1. The van der Waals surface area contributed by atoms with Crippen molar-refractivity contribution in [1.29, 1.82) is 0 Å². The van der Waals surface area contributed by atoms with Gasteiger partial charge in [-0.25, -0.2) is 9.79 Å². The van der Waals surface area contributed by atoms with Crippen LogP contribution in [0.2, 0.25) is 10.0 Å². The number of para-hydroxylation sites is 1. The highest BCUT2D eigenvalue weighted by molar-refractivity contribution is 8.16. The fourth-order valence-corrected chi connectivity index (χ4v) is 4.45. The van der Waals surface area contributed by atoms with Gasteiger partial charge in [-0.2, -0.15) is 0 Å². The Hall–Kier alpha value is -2.61. The highest BCUT2D eigenvalue weighted by atomic mass is 35.5. The predicted octanol–water partition coefficient (Wildman–Crippen LogP) is 4.52. The highest BCUT2D eigenvalue weighted by Gasteiger charge is 2.32. The van der Waals surface area contributed by atoms with Gasteiger partial charge in [0, 0.05) is 27.5 Å². The van der Waals surface area contributed by atoms with Crippen molar-refractivity contribution in [3.63, 3.8) is 0 Å². The predicted molar refractivity (Wildman–Crippen MR) is 115 cm³/mol. The number of carbonyl (C=O) groups is 2. The molecule has 0 aliphatic carbocycles. The van der Waals surface area contributed by atoms with E-state index in [2.05, 4.69) is 10.3 Å². The van der Waals surface area contributed by atoms with Crippen LogP contribution in [0.3, 0.4) is 0 Å². The summed E-state index contributed by atoms with van der Waals surface area (Å²) >= 11 is 12.9. The second-order valence-corrected chi connectivity index (χ2v) is 8.32. The van der Waals surface area contributed by atoms with Crippen molar-refractivity contribution < 1.29 is 14.0 Å². The minimum atomic E-state index is -0.731. The second kappa shape index (κ2) is 8.02. The van der Waals surface area contributed by atoms with Gasteiger partial charge in [-0.05, 0) is 30.3 Å². The Labute approximate surface area is 178 Å². The maximum Gasteiger partial charge on any atom is 0.346 e. The van der Waals surface area contributed by atoms with E-state index < -0.39 is 22.7 Å². The number of amides is 2. The Balaban J connectivity index is 1.49. The molecule has 6 nitrogen and oxygen atoms in total. The monoisotopic (exact) mass is 446 g/mol. The van der Waals surface area contributed by atoms with Gasteiger partial charge in [-0.15, -0.1) is 0 Å². The molecule has 1 N–H and O–H groups in total. The van der Waals surface area contributed by atoms with E-state index in [0.29, 0.717) is 21.3 Å². The molecule has 0 radical (unpaired) electrons. The summed E-state index contributed by atoms with van der Waals surface area (Å²) in [6.45, 7) is 0. The molecular formula is C20H12Cl2N2O4S. The molecule has 4 rings (SSSR count). The lowest BCUT2D eigenvalue weighted by molar-refractivity contribution is -0.121. The topological polar surface area (TPSA) is 88.7 Å². The lowest BCUT2D eigenvalue weighted by Gasteiger charge is -2.09. The first kappa shape index (κ1) is 19.7. The lowest BCUT2D eigenvalue weighted by atomic mass is 10.2. The molecule has 0 saturated carbocycles. The van der Waals surface area contributed by atoms with E-state index in [1.807, 2.05) is 6.07 Å². The number of carbonyl (C=O) groups excluding carboxylic acids is 2. The van der Waals surface area contributed by atoms with Crippen LogP contribution in [-0.4, -0.2) is 22.1 Å². The van der Waals surface area contributed by atoms with Crippen LogP contribution in [0, 0.1) is 0 Å². The number of thioether (sulfide) groups is 1. The molecule has 1 atom stereocenters. The molecule has 9 heteroatoms. The maximum atomic E-state index is 12.3. The van der Waals surface area contributed by atoms with Gasteiger partial charge < -0.3 is 9.73 Å². The molecule has 2 heterocycles. The van der Waals surface area contributed by atoms with E-state index in [4.69, 9.17) is 27.6 Å². The summed E-state index contributed by atoms with van der Waals surface area (Å²) in [7, 11) is 0. The smallest absolute Gasteiger partial charge is 0.346 e. The van der Waals surface area contributed by atoms with E-state index in [1.165, 1.54) is 0 Å². The van der Waals surface area contributed by atoms with E-state index in [9.17, 15) is 14.4 Å². The third-order valence-corrected chi connectivity index (χ3v) is 5.75. The van der Waals surface area contributed by atoms with Crippen LogP contribution in [0.4, 0.5) is 5.69 Å². The molecule has 146 valence electrons. The fourth-order valence-electron chi connectivity index (χ4n) is 2.85. The zero-order chi connectivity index (χ0) is 20.5. The average Bonchev–Trinajstić information content (AvgIpc) is 3.00. The lowest BCUT2D eigenvalue weighted by Crippen LogP contribution is -2.21. The average molecular weight is 447 g/mol. The molecule has 0 saturated heterocycles. The van der Waals surface area contributed by atoms with Gasteiger partial charge in [0.1, 0.15) is 15.9 Å². The van der Waals surface area contributed by atoms with Gasteiger partial charge in [-0.3, -0.25) is 9.59 Å². The quantitative estimate of drug-likeness (QED) is 0.595. The molecule has 2 amide bonds. The Kier molecular flexibility index (Phi) is 5.45. The first-order valence-electron chi connectivity index (χ1n) is 8.47. The second-order valence-electron chi connectivity index (χ2n) is 6.26. The summed E-state index contributed by atoms with van der Waals surface area (Å²) < 4.78 is 5.29. The van der Waals surface area contributed by atoms with Gasteiger partial charge in [-0.1, -0.05) is 53.2 Å². The first-order valence-corrected chi connectivity index (χ1v) is 10.1. The van der Waals surface area contributed by atoms with Gasteiger partial charge in [0.05, 0.1) is 5.56 Å². The van der Waals surface area contributed by atoms with Crippen molar-refractivity contribution in [1.82, 2.24) is 0 Å². The van der Waals surface area contributed by atoms with Crippen molar-refractivity contribution in [3.8, 4) is 0 Å². The summed E-state index contributed by atoms with van der Waals surface area (Å²) in [5.74, 6) is -0.868. The number of hydrogen-bond acceptors (Lipinski definition) is 5. The number of benzene rings is 2. The molecule has 0 bridgehead atoms. The van der Waals surface area contributed by atoms with Crippen LogP contribution in [-0.2, 0) is 9.59 Å². The van der Waals surface area contributed by atoms with Crippen LogP contribution < -0.4 is 10.9 Å². The number of aliphatic imine (C=N–C) groups is 1. The number of halogens is 2. The number of nitrogens with zero attached hydrogens (tertiary/aromatic N) is 1. The highest BCUT2D eigenvalue weighted by Crippen LogP contribution is 2.30. The number of rotatable bonds is 4. The van der Waals surface area contributed by atoms with Gasteiger partial charge in [0.15, 0.2) is 0 Å². The molecular weight excluding hydrogens is 435 g/mol. The SMILES string of the molecule is O=C(C[C@H]1SC(c2cc3ccccc3oc2=O)=NC1=O)Nc1cc(Cl)cc(Cl)c1. The molecule has 1 aliphatic heterocycles. The minimum absolute atomic E-state index is 0.112. The Bertz CT molecular complexity index is 1220. The van der Waals surface area contributed by atoms with Crippen molar-refractivity contribution >= 4 is 68.5 Å². The number of nitrogens with one attached hydrogen (secondary N) is 1. The van der Waals surface area contributed by atoms with E-state index in [1.54, 1.807) is 42.5 Å². The largest absolute Gasteiger partial charge is 0.422 e. The minimum Gasteiger partial charge on any atom is -0.422 e. The summed E-state index contributed by atoms with van der Waals surface area (Å²) in [5.41, 5.74) is 0.500. The standard InChI is InChI=1S/C20H12Cl2N2O4S/c21-11-6-12(22)8-13(7-11)23-17(25)9-16-18(26)24-19(29-16)14-5-10-3-1-2-4-15(10)28-20(14)27/h1-8,16H,9H2,(H,23,25)/t16-/m1/s1. The Morgan fingerprint density at radius 1 is 1.10 bits per heavy atom. The first-order chi connectivity index (χ1) is 13.9. The van der Waals surface area contributed by atoms with Gasteiger partial charge >= 0.3 is 5.63 Å². The molecule has 0 unspecified atom stereocenters. The fraction of sp³-hybridized carbons (Fsp3) is 0.100. The molecule has 3 aromatic rings. The van der Waals surface area contributed by atoms with Gasteiger partial charge in [0.2, 0.25) is 5.91 Å². The van der Waals surface area contributed by atoms with Crippen LogP contribution in [0.15, 0.2) is 62.7 Å². The normalized spacial score (nSPS) is 16.1. The Morgan fingerprint density at radius 2 is 1.83 bits per heavy atom. The van der Waals surface area contributed by atoms with Crippen molar-refractivity contribution in [2.45, 2.75) is 11.7 Å². The van der Waals surface area contributed by atoms with Crippen molar-refractivity contribution in [2.24, 2.45) is 4.99 Å². The maximum absolute atomic E-state index is 12.3. The summed E-state index contributed by atoms with van der Waals surface area (Å²) in [6, 6.07) is 13.3. The van der Waals surface area contributed by atoms with Crippen LogP contribution in [0.25, 0.3) is 11.0 Å². The van der Waals surface area contributed by atoms with Crippen LogP contribution >= 0.6 is 35.0 Å². The zero-order valence-electron chi connectivity index (χ0n) is 14.6. The van der Waals surface area contributed by atoms with E-state index >= 15 is 0 Å². The van der Waals surface area contributed by atoms with E-state index in [-0.39, 0.29) is 17.0 Å². The summed E-state index contributed by atoms with van der Waals surface area (Å²) in [5, 5.41) is 3.66. The third-order valence-electron chi connectivity index (χ3n) is 4.13. The van der Waals surface area contributed by atoms with Crippen molar-refractivity contribution in [3.05, 3.63) is 74.6 Å². The molecule has 1 aliphatic rings. The Morgan fingerprint density at radius 3 is 2.59 bits per heavy atom. The molecule has 2 aromatic carbocycles. The summed E-state index contributed by atoms with van der Waals surface area (Å²) in [4.78, 5) is 40.8. The zero-order valence-corrected chi connectivity index (χ0v) is 17.0. The molecule has 29 heavy (non-hydrogen) atoms. The van der Waals surface area contributed by atoms with Crippen LogP contribution in [0.1, 0.15) is 12.0 Å². The van der Waals surface area contributed by atoms with Gasteiger partial charge in [0.25, 0.3) is 5.91 Å². The van der Waals surface area contributed by atoms with Crippen LogP contribution in [0.5, 0.6) is 0 Å². The number of fused-ring (bicyclic) bond motifs is 1. The van der Waals surface area contributed by atoms with E-state index in [0.717, 1.165) is 17.1 Å².